The van der Waals surface area contributed by atoms with Gasteiger partial charge in [0.15, 0.2) is 0 Å². The van der Waals surface area contributed by atoms with Crippen molar-refractivity contribution in [1.82, 2.24) is 5.32 Å². The van der Waals surface area contributed by atoms with E-state index in [-0.39, 0.29) is 12.0 Å². The van der Waals surface area contributed by atoms with Crippen molar-refractivity contribution in [2.45, 2.75) is 53.2 Å². The Morgan fingerprint density at radius 2 is 1.97 bits per heavy atom. The summed E-state index contributed by atoms with van der Waals surface area (Å²) in [4.78, 5) is 12.6. The zero-order valence-electron chi connectivity index (χ0n) is 17.8. The van der Waals surface area contributed by atoms with E-state index < -0.39 is 0 Å². The molecule has 1 atom stereocenters. The monoisotopic (exact) mass is 397 g/mol. The standard InChI is InChI=1S/C24H31NO4/c1-5-27-22-9-8-19(24(26)25-14-21-7-6-10-28-21)13-20(22)15-29-23-12-16(2)11-17(3)18(23)4/h8-9,11-13,21H,5-7,10,14-15H2,1-4H3,(H,25,26)/t21-/m0/s1. The van der Waals surface area contributed by atoms with Crippen LogP contribution in [0.5, 0.6) is 11.5 Å². The highest BCUT2D eigenvalue weighted by Gasteiger charge is 2.17. The number of nitrogens with one attached hydrogen (secondary N) is 1. The van der Waals surface area contributed by atoms with Crippen molar-refractivity contribution in [2.24, 2.45) is 0 Å². The Kier molecular flexibility index (Phi) is 7.15. The van der Waals surface area contributed by atoms with Crippen LogP contribution in [0, 0.1) is 20.8 Å². The molecule has 3 rings (SSSR count). The van der Waals surface area contributed by atoms with E-state index in [0.29, 0.717) is 25.3 Å². The van der Waals surface area contributed by atoms with Crippen LogP contribution in [0.15, 0.2) is 30.3 Å². The lowest BCUT2D eigenvalue weighted by molar-refractivity contribution is 0.0857. The first-order valence-electron chi connectivity index (χ1n) is 10.3. The van der Waals surface area contributed by atoms with Crippen LogP contribution in [0.1, 0.15) is 52.4 Å². The van der Waals surface area contributed by atoms with Gasteiger partial charge >= 0.3 is 0 Å². The number of aryl methyl sites for hydroxylation is 2. The van der Waals surface area contributed by atoms with Crippen LogP contribution in [-0.4, -0.2) is 31.8 Å². The van der Waals surface area contributed by atoms with E-state index in [1.807, 2.05) is 25.1 Å². The number of carbonyl (C=O) groups is 1. The Morgan fingerprint density at radius 3 is 2.69 bits per heavy atom. The summed E-state index contributed by atoms with van der Waals surface area (Å²) >= 11 is 0. The van der Waals surface area contributed by atoms with Crippen LogP contribution < -0.4 is 14.8 Å². The predicted octanol–water partition coefficient (Wildman–Crippen LogP) is 4.50. The normalized spacial score (nSPS) is 15.9. The maximum Gasteiger partial charge on any atom is 0.251 e. The van der Waals surface area contributed by atoms with Crippen LogP contribution in [0.2, 0.25) is 0 Å². The molecule has 1 fully saturated rings. The molecule has 156 valence electrons. The lowest BCUT2D eigenvalue weighted by atomic mass is 10.1. The van der Waals surface area contributed by atoms with Crippen LogP contribution in [0.25, 0.3) is 0 Å². The molecular formula is C24H31NO4. The zero-order chi connectivity index (χ0) is 20.8. The number of carbonyl (C=O) groups excluding carboxylic acids is 1. The maximum atomic E-state index is 12.6. The first kappa shape index (κ1) is 21.2. The molecule has 1 saturated heterocycles. The predicted molar refractivity (Wildman–Crippen MR) is 114 cm³/mol. The number of amides is 1. The fourth-order valence-corrected chi connectivity index (χ4v) is 3.55. The van der Waals surface area contributed by atoms with Crippen LogP contribution in [0.3, 0.4) is 0 Å². The number of hydrogen-bond acceptors (Lipinski definition) is 4. The molecule has 0 saturated carbocycles. The molecule has 0 aromatic heterocycles. The van der Waals surface area contributed by atoms with Gasteiger partial charge in [-0.15, -0.1) is 0 Å². The highest BCUT2D eigenvalue weighted by atomic mass is 16.5. The largest absolute Gasteiger partial charge is 0.493 e. The highest BCUT2D eigenvalue weighted by Crippen LogP contribution is 2.27. The number of ether oxygens (including phenoxy) is 3. The molecule has 2 aromatic rings. The van der Waals surface area contributed by atoms with Gasteiger partial charge in [0, 0.05) is 24.3 Å². The van der Waals surface area contributed by atoms with Crippen molar-refractivity contribution in [1.29, 1.82) is 0 Å². The van der Waals surface area contributed by atoms with Gasteiger partial charge in [0.1, 0.15) is 18.1 Å². The first-order chi connectivity index (χ1) is 14.0. The Balaban J connectivity index is 1.73. The summed E-state index contributed by atoms with van der Waals surface area (Å²) in [5, 5.41) is 2.97. The summed E-state index contributed by atoms with van der Waals surface area (Å²) in [6.45, 7) is 10.4. The van der Waals surface area contributed by atoms with E-state index in [1.165, 1.54) is 5.56 Å². The van der Waals surface area contributed by atoms with E-state index >= 15 is 0 Å². The Morgan fingerprint density at radius 1 is 1.14 bits per heavy atom. The molecule has 0 spiro atoms. The molecule has 0 radical (unpaired) electrons. The quantitative estimate of drug-likeness (QED) is 0.713. The lowest BCUT2D eigenvalue weighted by Gasteiger charge is -2.16. The summed E-state index contributed by atoms with van der Waals surface area (Å²) in [6, 6.07) is 9.68. The van der Waals surface area contributed by atoms with Crippen LogP contribution in [-0.2, 0) is 11.3 Å². The number of rotatable bonds is 8. The van der Waals surface area contributed by atoms with Crippen LogP contribution >= 0.6 is 0 Å². The summed E-state index contributed by atoms with van der Waals surface area (Å²) in [5.41, 5.74) is 4.94. The second-order valence-corrected chi connectivity index (χ2v) is 7.59. The van der Waals surface area contributed by atoms with Crippen molar-refractivity contribution >= 4 is 5.91 Å². The van der Waals surface area contributed by atoms with E-state index in [2.05, 4.69) is 32.2 Å². The summed E-state index contributed by atoms with van der Waals surface area (Å²) < 4.78 is 17.4. The minimum atomic E-state index is -0.104. The van der Waals surface area contributed by atoms with E-state index in [9.17, 15) is 4.79 Å². The molecule has 0 aliphatic carbocycles. The van der Waals surface area contributed by atoms with Crippen molar-refractivity contribution < 1.29 is 19.0 Å². The minimum absolute atomic E-state index is 0.104. The third-order valence-electron chi connectivity index (χ3n) is 5.28. The Hall–Kier alpha value is -2.53. The van der Waals surface area contributed by atoms with Crippen molar-refractivity contribution in [3.05, 3.63) is 58.1 Å². The van der Waals surface area contributed by atoms with E-state index in [1.54, 1.807) is 6.07 Å². The van der Waals surface area contributed by atoms with Crippen molar-refractivity contribution in [2.75, 3.05) is 19.8 Å². The summed E-state index contributed by atoms with van der Waals surface area (Å²) in [7, 11) is 0. The highest BCUT2D eigenvalue weighted by molar-refractivity contribution is 5.94. The average Bonchev–Trinajstić information content (AvgIpc) is 3.22. The Labute approximate surface area is 173 Å². The number of hydrogen-bond donors (Lipinski definition) is 1. The third kappa shape index (κ3) is 5.51. The molecular weight excluding hydrogens is 366 g/mol. The Bertz CT molecular complexity index is 856. The van der Waals surface area contributed by atoms with Gasteiger partial charge in [-0.25, -0.2) is 0 Å². The molecule has 0 bridgehead atoms. The summed E-state index contributed by atoms with van der Waals surface area (Å²) in [5.74, 6) is 1.50. The molecule has 5 nitrogen and oxygen atoms in total. The fourth-order valence-electron chi connectivity index (χ4n) is 3.55. The molecule has 1 amide bonds. The van der Waals surface area contributed by atoms with Gasteiger partial charge in [0.05, 0.1) is 12.7 Å². The van der Waals surface area contributed by atoms with Gasteiger partial charge in [0.2, 0.25) is 0 Å². The number of benzene rings is 2. The molecule has 0 unspecified atom stereocenters. The minimum Gasteiger partial charge on any atom is -0.493 e. The average molecular weight is 398 g/mol. The second-order valence-electron chi connectivity index (χ2n) is 7.59. The topological polar surface area (TPSA) is 56.8 Å². The smallest absolute Gasteiger partial charge is 0.251 e. The molecule has 1 aliphatic rings. The van der Waals surface area contributed by atoms with Crippen LogP contribution in [0.4, 0.5) is 0 Å². The maximum absolute atomic E-state index is 12.6. The molecule has 2 aromatic carbocycles. The molecule has 5 heteroatoms. The fraction of sp³-hybridized carbons (Fsp3) is 0.458. The van der Waals surface area contributed by atoms with E-state index in [4.69, 9.17) is 14.2 Å². The SMILES string of the molecule is CCOc1ccc(C(=O)NC[C@@H]2CCCO2)cc1COc1cc(C)cc(C)c1C. The van der Waals surface area contributed by atoms with Gasteiger partial charge in [0.25, 0.3) is 5.91 Å². The van der Waals surface area contributed by atoms with Crippen molar-refractivity contribution in [3.63, 3.8) is 0 Å². The molecule has 29 heavy (non-hydrogen) atoms. The van der Waals surface area contributed by atoms with E-state index in [0.717, 1.165) is 47.6 Å². The lowest BCUT2D eigenvalue weighted by Crippen LogP contribution is -2.31. The summed E-state index contributed by atoms with van der Waals surface area (Å²) in [6.07, 6.45) is 2.18. The zero-order valence-corrected chi connectivity index (χ0v) is 17.8. The second kappa shape index (κ2) is 9.79. The van der Waals surface area contributed by atoms with Gasteiger partial charge < -0.3 is 19.5 Å². The molecule has 1 aliphatic heterocycles. The molecule has 1 heterocycles. The van der Waals surface area contributed by atoms with Gasteiger partial charge in [-0.1, -0.05) is 6.07 Å². The third-order valence-corrected chi connectivity index (χ3v) is 5.28. The van der Waals surface area contributed by atoms with Gasteiger partial charge in [-0.2, -0.15) is 0 Å². The molecule has 1 N–H and O–H groups in total. The van der Waals surface area contributed by atoms with Crippen molar-refractivity contribution in [3.8, 4) is 11.5 Å². The first-order valence-corrected chi connectivity index (χ1v) is 10.3. The van der Waals surface area contributed by atoms with Gasteiger partial charge in [-0.05, 0) is 81.5 Å². The van der Waals surface area contributed by atoms with Gasteiger partial charge in [-0.3, -0.25) is 4.79 Å².